The molecule has 0 bridgehead atoms. The van der Waals surface area contributed by atoms with E-state index in [1.807, 2.05) is 13.8 Å². The van der Waals surface area contributed by atoms with E-state index >= 15 is 0 Å². The molecule has 0 radical (unpaired) electrons. The Morgan fingerprint density at radius 3 is 2.41 bits per heavy atom. The van der Waals surface area contributed by atoms with Crippen LogP contribution in [0.1, 0.15) is 36.7 Å². The summed E-state index contributed by atoms with van der Waals surface area (Å²) in [4.78, 5) is 32.5. The van der Waals surface area contributed by atoms with Crippen molar-refractivity contribution in [2.75, 3.05) is 6.61 Å². The smallest absolute Gasteiger partial charge is 0.349 e. The Balaban J connectivity index is 2.13. The van der Waals surface area contributed by atoms with Crippen molar-refractivity contribution in [1.82, 2.24) is 9.55 Å². The van der Waals surface area contributed by atoms with Crippen molar-refractivity contribution in [2.24, 2.45) is 4.99 Å². The predicted molar refractivity (Wildman–Crippen MR) is 121 cm³/mol. The molecule has 0 atom stereocenters. The number of hydrogen-bond donors (Lipinski definition) is 2. The molecule has 0 saturated heterocycles. The van der Waals surface area contributed by atoms with Gasteiger partial charge in [0, 0.05) is 5.02 Å². The van der Waals surface area contributed by atoms with E-state index in [1.165, 1.54) is 4.57 Å². The van der Waals surface area contributed by atoms with Gasteiger partial charge < -0.3 is 14.6 Å². The van der Waals surface area contributed by atoms with Crippen LogP contribution in [0.2, 0.25) is 5.02 Å². The number of aromatic hydroxyl groups is 1. The van der Waals surface area contributed by atoms with E-state index in [-0.39, 0.29) is 24.9 Å². The van der Waals surface area contributed by atoms with Crippen molar-refractivity contribution < 1.29 is 19.4 Å². The molecule has 1 aromatic heterocycles. The molecule has 0 aliphatic carbocycles. The number of halogens is 1. The first kappa shape index (κ1) is 23.1. The van der Waals surface area contributed by atoms with Crippen LogP contribution in [0.15, 0.2) is 58.3 Å². The van der Waals surface area contributed by atoms with Crippen LogP contribution in [0.5, 0.6) is 11.6 Å². The summed E-state index contributed by atoms with van der Waals surface area (Å²) < 4.78 is 11.8. The maximum absolute atomic E-state index is 13.1. The minimum Gasteiger partial charge on any atom is -0.494 e. The molecule has 0 aliphatic rings. The van der Waals surface area contributed by atoms with E-state index in [0.29, 0.717) is 16.5 Å². The molecule has 0 spiro atoms. The molecule has 168 valence electrons. The number of nitrogens with one attached hydrogen (secondary N) is 1. The van der Waals surface area contributed by atoms with Crippen LogP contribution < -0.4 is 15.9 Å². The second-order valence-corrected chi connectivity index (χ2v) is 7.62. The van der Waals surface area contributed by atoms with Gasteiger partial charge in [-0.2, -0.15) is 0 Å². The minimum absolute atomic E-state index is 0.0306. The fourth-order valence-electron chi connectivity index (χ4n) is 2.96. The number of esters is 1. The highest BCUT2D eigenvalue weighted by Gasteiger charge is 2.21. The van der Waals surface area contributed by atoms with Gasteiger partial charge in [0.1, 0.15) is 5.75 Å². The number of ether oxygens (including phenoxy) is 2. The minimum atomic E-state index is -0.919. The van der Waals surface area contributed by atoms with Gasteiger partial charge in [-0.1, -0.05) is 23.7 Å². The molecular weight excluding hydrogens is 434 g/mol. The van der Waals surface area contributed by atoms with Crippen molar-refractivity contribution >= 4 is 23.3 Å². The molecule has 0 fully saturated rings. The quantitative estimate of drug-likeness (QED) is 0.525. The molecule has 3 aromatic rings. The van der Waals surface area contributed by atoms with Crippen molar-refractivity contribution in [3.63, 3.8) is 0 Å². The van der Waals surface area contributed by atoms with Crippen molar-refractivity contribution in [2.45, 2.75) is 33.4 Å². The molecule has 8 nitrogen and oxygen atoms in total. The topological polar surface area (TPSA) is 106 Å². The standard InChI is InChI=1S/C23H24ClN3O5/c1-4-31-22(30)19-20(28)26-23(25-17-9-11-18(12-10-17)32-14(2)3)27(21(19)29)13-15-5-7-16(24)8-6-15/h5-12,14,28H,4,13H2,1-3H3,(H,25,26). The second kappa shape index (κ2) is 10.2. The monoisotopic (exact) mass is 457 g/mol. The van der Waals surface area contributed by atoms with Gasteiger partial charge in [-0.3, -0.25) is 14.3 Å². The lowest BCUT2D eigenvalue weighted by atomic mass is 10.2. The van der Waals surface area contributed by atoms with Crippen LogP contribution in [-0.4, -0.2) is 33.3 Å². The molecule has 0 saturated carbocycles. The number of aromatic amines is 1. The van der Waals surface area contributed by atoms with E-state index in [1.54, 1.807) is 55.5 Å². The second-order valence-electron chi connectivity index (χ2n) is 7.18. The Labute approximate surface area is 189 Å². The molecule has 32 heavy (non-hydrogen) atoms. The van der Waals surface area contributed by atoms with E-state index in [2.05, 4.69) is 9.98 Å². The van der Waals surface area contributed by atoms with Gasteiger partial charge in [-0.25, -0.2) is 9.79 Å². The average molecular weight is 458 g/mol. The number of nitrogens with zero attached hydrogens (tertiary/aromatic N) is 2. The first-order valence-corrected chi connectivity index (χ1v) is 10.5. The van der Waals surface area contributed by atoms with E-state index in [4.69, 9.17) is 21.1 Å². The molecule has 2 N–H and O–H groups in total. The normalized spacial score (nSPS) is 11.6. The number of carbonyl (C=O) groups is 1. The third-order valence-electron chi connectivity index (χ3n) is 4.36. The zero-order valence-electron chi connectivity index (χ0n) is 18.0. The number of H-pyrrole nitrogens is 1. The summed E-state index contributed by atoms with van der Waals surface area (Å²) in [6.45, 7) is 5.62. The Morgan fingerprint density at radius 1 is 1.16 bits per heavy atom. The summed E-state index contributed by atoms with van der Waals surface area (Å²) in [7, 11) is 0. The summed E-state index contributed by atoms with van der Waals surface area (Å²) in [6.07, 6.45) is 0.0306. The van der Waals surface area contributed by atoms with Gasteiger partial charge >= 0.3 is 5.97 Å². The van der Waals surface area contributed by atoms with Crippen LogP contribution in [0.25, 0.3) is 0 Å². The highest BCUT2D eigenvalue weighted by Crippen LogP contribution is 2.19. The van der Waals surface area contributed by atoms with Gasteiger partial charge in [0.2, 0.25) is 11.5 Å². The van der Waals surface area contributed by atoms with E-state index < -0.39 is 23.0 Å². The third-order valence-corrected chi connectivity index (χ3v) is 4.61. The zero-order chi connectivity index (χ0) is 23.3. The number of benzene rings is 2. The molecule has 9 heteroatoms. The number of aromatic nitrogens is 2. The lowest BCUT2D eigenvalue weighted by Crippen LogP contribution is -2.39. The van der Waals surface area contributed by atoms with Crippen LogP contribution in [-0.2, 0) is 11.3 Å². The summed E-state index contributed by atoms with van der Waals surface area (Å²) in [5, 5.41) is 10.9. The van der Waals surface area contributed by atoms with Crippen LogP contribution in [0, 0.1) is 0 Å². The van der Waals surface area contributed by atoms with Crippen LogP contribution in [0.3, 0.4) is 0 Å². The Bertz CT molecular complexity index is 1210. The van der Waals surface area contributed by atoms with Crippen molar-refractivity contribution in [1.29, 1.82) is 0 Å². The van der Waals surface area contributed by atoms with E-state index in [9.17, 15) is 14.7 Å². The Kier molecular flexibility index (Phi) is 7.37. The van der Waals surface area contributed by atoms with Gasteiger partial charge in [0.05, 0.1) is 24.9 Å². The molecule has 0 unspecified atom stereocenters. The Morgan fingerprint density at radius 2 is 1.81 bits per heavy atom. The first-order chi connectivity index (χ1) is 15.3. The lowest BCUT2D eigenvalue weighted by Gasteiger charge is -2.11. The summed E-state index contributed by atoms with van der Waals surface area (Å²) in [5.74, 6) is -0.848. The third kappa shape index (κ3) is 5.59. The molecule has 2 aromatic carbocycles. The maximum Gasteiger partial charge on any atom is 0.349 e. The van der Waals surface area contributed by atoms with Gasteiger partial charge in [-0.05, 0) is 62.7 Å². The zero-order valence-corrected chi connectivity index (χ0v) is 18.7. The number of hydrogen-bond acceptors (Lipinski definition) is 6. The van der Waals surface area contributed by atoms with Crippen LogP contribution in [0.4, 0.5) is 5.69 Å². The summed E-state index contributed by atoms with van der Waals surface area (Å²) in [6, 6.07) is 13.9. The van der Waals surface area contributed by atoms with Crippen molar-refractivity contribution in [3.8, 4) is 11.6 Å². The lowest BCUT2D eigenvalue weighted by molar-refractivity contribution is 0.0518. The van der Waals surface area contributed by atoms with Gasteiger partial charge in [0.15, 0.2) is 5.56 Å². The number of rotatable bonds is 7. The Hall–Kier alpha value is -3.52. The molecule has 1 heterocycles. The fraction of sp³-hybridized carbons (Fsp3) is 0.261. The average Bonchev–Trinajstić information content (AvgIpc) is 2.73. The largest absolute Gasteiger partial charge is 0.494 e. The predicted octanol–water partition coefficient (Wildman–Crippen LogP) is 3.78. The maximum atomic E-state index is 13.1. The molecular formula is C23H24ClN3O5. The molecule has 0 amide bonds. The van der Waals surface area contributed by atoms with Crippen LogP contribution >= 0.6 is 11.6 Å². The SMILES string of the molecule is CCOC(=O)c1c(O)[nH]/c(=N\c2ccc(OC(C)C)cc2)n(Cc2ccc(Cl)cc2)c1=O. The summed E-state index contributed by atoms with van der Waals surface area (Å²) >= 11 is 5.95. The van der Waals surface area contributed by atoms with Gasteiger partial charge in [-0.15, -0.1) is 0 Å². The van der Waals surface area contributed by atoms with Gasteiger partial charge in [0.25, 0.3) is 5.56 Å². The molecule has 0 aliphatic heterocycles. The van der Waals surface area contributed by atoms with Crippen molar-refractivity contribution in [3.05, 3.63) is 80.7 Å². The highest BCUT2D eigenvalue weighted by atomic mass is 35.5. The number of carbonyl (C=O) groups excluding carboxylic acids is 1. The highest BCUT2D eigenvalue weighted by molar-refractivity contribution is 6.30. The molecule has 3 rings (SSSR count). The first-order valence-electron chi connectivity index (χ1n) is 10.1. The fourth-order valence-corrected chi connectivity index (χ4v) is 3.08. The van der Waals surface area contributed by atoms with E-state index in [0.717, 1.165) is 5.56 Å². The summed E-state index contributed by atoms with van der Waals surface area (Å²) in [5.41, 5.74) is 0.119.